The Morgan fingerprint density at radius 1 is 1.32 bits per heavy atom. The van der Waals surface area contributed by atoms with Gasteiger partial charge in [-0.1, -0.05) is 13.0 Å². The van der Waals surface area contributed by atoms with Crippen LogP contribution in [0.2, 0.25) is 0 Å². The molecule has 1 atom stereocenters. The van der Waals surface area contributed by atoms with Crippen molar-refractivity contribution in [2.24, 2.45) is 10.9 Å². The lowest BCUT2D eigenvalue weighted by Crippen LogP contribution is -2.42. The van der Waals surface area contributed by atoms with Crippen LogP contribution in [0, 0.1) is 11.7 Å². The molecule has 2 saturated carbocycles. The standard InChI is InChI=1S/C21H33FN4O.HI/c1-4-26(18-8-9-18)12-11-24-21(23-3)25-15(2)17-7-10-20(19(22)13-17)27-14-16-5-6-16;/h7,10,13,15-16,18H,4-6,8-9,11-12,14H2,1-3H3,(H2,23,24,25);1H. The second kappa shape index (κ2) is 11.2. The van der Waals surface area contributed by atoms with Gasteiger partial charge in [-0.3, -0.25) is 9.89 Å². The van der Waals surface area contributed by atoms with E-state index in [0.29, 0.717) is 18.3 Å². The number of ether oxygens (including phenoxy) is 1. The summed E-state index contributed by atoms with van der Waals surface area (Å²) < 4.78 is 19.9. The summed E-state index contributed by atoms with van der Waals surface area (Å²) in [6, 6.07) is 5.93. The number of benzene rings is 1. The van der Waals surface area contributed by atoms with Gasteiger partial charge in [0.25, 0.3) is 0 Å². The van der Waals surface area contributed by atoms with Crippen LogP contribution in [-0.4, -0.2) is 50.2 Å². The van der Waals surface area contributed by atoms with Crippen molar-refractivity contribution in [3.63, 3.8) is 0 Å². The minimum absolute atomic E-state index is 0. The van der Waals surface area contributed by atoms with Gasteiger partial charge in [0.2, 0.25) is 0 Å². The Labute approximate surface area is 185 Å². The van der Waals surface area contributed by atoms with Crippen molar-refractivity contribution >= 4 is 29.9 Å². The molecule has 7 heteroatoms. The molecule has 1 unspecified atom stereocenters. The second-order valence-corrected chi connectivity index (χ2v) is 7.67. The number of rotatable bonds is 10. The molecular formula is C21H34FIN4O. The molecule has 0 bridgehead atoms. The third-order valence-electron chi connectivity index (χ3n) is 5.37. The van der Waals surface area contributed by atoms with Crippen molar-refractivity contribution in [1.29, 1.82) is 0 Å². The van der Waals surface area contributed by atoms with Gasteiger partial charge in [-0.15, -0.1) is 24.0 Å². The average molecular weight is 504 g/mol. The van der Waals surface area contributed by atoms with Gasteiger partial charge in [-0.05, 0) is 62.8 Å². The molecule has 3 rings (SSSR count). The van der Waals surface area contributed by atoms with Gasteiger partial charge in [-0.2, -0.15) is 0 Å². The largest absolute Gasteiger partial charge is 0.490 e. The molecular weight excluding hydrogens is 470 g/mol. The number of guanidine groups is 1. The lowest BCUT2D eigenvalue weighted by atomic mass is 10.1. The van der Waals surface area contributed by atoms with E-state index in [-0.39, 0.29) is 35.8 Å². The van der Waals surface area contributed by atoms with Gasteiger partial charge in [0.1, 0.15) is 0 Å². The highest BCUT2D eigenvalue weighted by molar-refractivity contribution is 14.0. The molecule has 0 spiro atoms. The van der Waals surface area contributed by atoms with E-state index < -0.39 is 0 Å². The van der Waals surface area contributed by atoms with Gasteiger partial charge in [0, 0.05) is 26.2 Å². The van der Waals surface area contributed by atoms with Gasteiger partial charge in [-0.25, -0.2) is 4.39 Å². The minimum atomic E-state index is -0.298. The maximum atomic E-state index is 14.3. The summed E-state index contributed by atoms with van der Waals surface area (Å²) in [6.07, 6.45) is 5.04. The fraction of sp³-hybridized carbons (Fsp3) is 0.667. The van der Waals surface area contributed by atoms with Gasteiger partial charge < -0.3 is 15.4 Å². The number of nitrogens with zero attached hydrogens (tertiary/aromatic N) is 2. The summed E-state index contributed by atoms with van der Waals surface area (Å²) >= 11 is 0. The van der Waals surface area contributed by atoms with Crippen LogP contribution in [0.3, 0.4) is 0 Å². The smallest absolute Gasteiger partial charge is 0.191 e. The molecule has 0 aliphatic heterocycles. The van der Waals surface area contributed by atoms with Crippen molar-refractivity contribution < 1.29 is 9.13 Å². The van der Waals surface area contributed by atoms with Crippen LogP contribution in [-0.2, 0) is 0 Å². The number of aliphatic imine (C=N–C) groups is 1. The number of nitrogens with one attached hydrogen (secondary N) is 2. The molecule has 0 saturated heterocycles. The first-order valence-corrected chi connectivity index (χ1v) is 10.2. The Kier molecular flexibility index (Phi) is 9.27. The molecule has 5 nitrogen and oxygen atoms in total. The Morgan fingerprint density at radius 2 is 2.07 bits per heavy atom. The van der Waals surface area contributed by atoms with Crippen molar-refractivity contribution in [2.75, 3.05) is 33.3 Å². The third kappa shape index (κ3) is 7.06. The molecule has 0 radical (unpaired) electrons. The number of likely N-dealkylation sites (N-methyl/N-ethyl adjacent to an activating group) is 1. The van der Waals surface area contributed by atoms with E-state index in [1.165, 1.54) is 25.7 Å². The Balaban J connectivity index is 0.00000280. The number of hydrogen-bond acceptors (Lipinski definition) is 3. The highest BCUT2D eigenvalue weighted by Gasteiger charge is 2.27. The first-order valence-electron chi connectivity index (χ1n) is 10.2. The fourth-order valence-corrected chi connectivity index (χ4v) is 3.24. The van der Waals surface area contributed by atoms with E-state index in [2.05, 4.69) is 27.4 Å². The molecule has 0 amide bonds. The average Bonchev–Trinajstić information content (AvgIpc) is 3.56. The maximum Gasteiger partial charge on any atom is 0.191 e. The Morgan fingerprint density at radius 3 is 2.64 bits per heavy atom. The predicted molar refractivity (Wildman–Crippen MR) is 123 cm³/mol. The quantitative estimate of drug-likeness (QED) is 0.288. The summed E-state index contributed by atoms with van der Waals surface area (Å²) in [7, 11) is 1.76. The van der Waals surface area contributed by atoms with Crippen LogP contribution in [0.1, 0.15) is 51.1 Å². The van der Waals surface area contributed by atoms with Gasteiger partial charge in [0.15, 0.2) is 17.5 Å². The zero-order chi connectivity index (χ0) is 19.2. The Bertz CT molecular complexity index is 649. The molecule has 0 aromatic heterocycles. The molecule has 2 aliphatic carbocycles. The summed E-state index contributed by atoms with van der Waals surface area (Å²) in [6.45, 7) is 7.78. The highest BCUT2D eigenvalue weighted by Crippen LogP contribution is 2.30. The molecule has 28 heavy (non-hydrogen) atoms. The Hall–Kier alpha value is -1.09. The van der Waals surface area contributed by atoms with Crippen LogP contribution >= 0.6 is 24.0 Å². The molecule has 2 N–H and O–H groups in total. The monoisotopic (exact) mass is 504 g/mol. The number of hydrogen-bond donors (Lipinski definition) is 2. The van der Waals surface area contributed by atoms with Gasteiger partial charge >= 0.3 is 0 Å². The summed E-state index contributed by atoms with van der Waals surface area (Å²) in [5.41, 5.74) is 0.877. The van der Waals surface area contributed by atoms with E-state index in [1.54, 1.807) is 19.2 Å². The highest BCUT2D eigenvalue weighted by atomic mass is 127. The van der Waals surface area contributed by atoms with E-state index in [4.69, 9.17) is 4.74 Å². The predicted octanol–water partition coefficient (Wildman–Crippen LogP) is 3.94. The van der Waals surface area contributed by atoms with Crippen molar-refractivity contribution in [3.8, 4) is 5.75 Å². The van der Waals surface area contributed by atoms with Crippen LogP contribution in [0.5, 0.6) is 5.75 Å². The summed E-state index contributed by atoms with van der Waals surface area (Å²) in [5, 5.41) is 6.70. The summed E-state index contributed by atoms with van der Waals surface area (Å²) in [5.74, 6) is 1.40. The second-order valence-electron chi connectivity index (χ2n) is 7.67. The first kappa shape index (κ1) is 23.2. The van der Waals surface area contributed by atoms with E-state index >= 15 is 0 Å². The SMILES string of the molecule is CCN(CCNC(=NC)NC(C)c1ccc(OCC2CC2)c(F)c1)C1CC1.I. The molecule has 2 fully saturated rings. The topological polar surface area (TPSA) is 48.9 Å². The zero-order valence-corrected chi connectivity index (χ0v) is 19.5. The molecule has 1 aromatic rings. The molecule has 2 aliphatic rings. The van der Waals surface area contributed by atoms with Crippen LogP contribution in [0.15, 0.2) is 23.2 Å². The number of halogens is 2. The maximum absolute atomic E-state index is 14.3. The lowest BCUT2D eigenvalue weighted by molar-refractivity contribution is 0.282. The van der Waals surface area contributed by atoms with Crippen LogP contribution < -0.4 is 15.4 Å². The minimum Gasteiger partial charge on any atom is -0.490 e. The summed E-state index contributed by atoms with van der Waals surface area (Å²) in [4.78, 5) is 6.79. The molecule has 158 valence electrons. The van der Waals surface area contributed by atoms with Crippen molar-refractivity contribution in [2.45, 2.75) is 51.6 Å². The van der Waals surface area contributed by atoms with E-state index in [9.17, 15) is 4.39 Å². The fourth-order valence-electron chi connectivity index (χ4n) is 3.24. The first-order chi connectivity index (χ1) is 13.1. The zero-order valence-electron chi connectivity index (χ0n) is 17.2. The van der Waals surface area contributed by atoms with Crippen molar-refractivity contribution in [3.05, 3.63) is 29.6 Å². The normalized spacial score (nSPS) is 17.8. The lowest BCUT2D eigenvalue weighted by Gasteiger charge is -2.22. The van der Waals surface area contributed by atoms with Crippen molar-refractivity contribution in [1.82, 2.24) is 15.5 Å². The molecule has 0 heterocycles. The van der Waals surface area contributed by atoms with E-state index in [1.807, 2.05) is 13.0 Å². The molecule has 1 aromatic carbocycles. The van der Waals surface area contributed by atoms with Crippen LogP contribution in [0.25, 0.3) is 0 Å². The van der Waals surface area contributed by atoms with Gasteiger partial charge in [0.05, 0.1) is 12.6 Å². The van der Waals surface area contributed by atoms with Crippen LogP contribution in [0.4, 0.5) is 4.39 Å². The third-order valence-corrected chi connectivity index (χ3v) is 5.37. The van der Waals surface area contributed by atoms with E-state index in [0.717, 1.165) is 37.2 Å².